The van der Waals surface area contributed by atoms with Gasteiger partial charge in [0.05, 0.1) is 6.67 Å². The zero-order chi connectivity index (χ0) is 16.5. The molecule has 1 N–H and O–H groups in total. The topological polar surface area (TPSA) is 55.9 Å². The van der Waals surface area contributed by atoms with Gasteiger partial charge in [0.2, 0.25) is 5.91 Å². The van der Waals surface area contributed by atoms with E-state index in [-0.39, 0.29) is 24.5 Å². The SMILES string of the molecule is O=C(NC1CCN(Cc2ccccc2)C1)N1CC(=O)N(C2CC2)C1. The molecule has 0 spiro atoms. The molecule has 0 radical (unpaired) electrons. The Morgan fingerprint density at radius 1 is 1.17 bits per heavy atom. The van der Waals surface area contributed by atoms with Crippen LogP contribution in [0.25, 0.3) is 0 Å². The number of likely N-dealkylation sites (tertiary alicyclic amines) is 1. The van der Waals surface area contributed by atoms with Crippen LogP contribution in [-0.4, -0.2) is 65.0 Å². The molecule has 1 aliphatic carbocycles. The number of amides is 3. The van der Waals surface area contributed by atoms with Crippen LogP contribution in [0.3, 0.4) is 0 Å². The van der Waals surface area contributed by atoms with Gasteiger partial charge in [0.1, 0.15) is 6.54 Å². The lowest BCUT2D eigenvalue weighted by atomic mass is 10.2. The first kappa shape index (κ1) is 15.4. The molecule has 128 valence electrons. The highest BCUT2D eigenvalue weighted by atomic mass is 16.2. The quantitative estimate of drug-likeness (QED) is 0.905. The normalized spacial score (nSPS) is 24.7. The minimum absolute atomic E-state index is 0.0878. The smallest absolute Gasteiger partial charge is 0.319 e. The van der Waals surface area contributed by atoms with E-state index in [0.29, 0.717) is 12.7 Å². The van der Waals surface area contributed by atoms with E-state index in [1.807, 2.05) is 11.0 Å². The summed E-state index contributed by atoms with van der Waals surface area (Å²) in [6, 6.07) is 10.9. The number of rotatable bonds is 4. The first-order valence-electron chi connectivity index (χ1n) is 8.80. The Hall–Kier alpha value is -2.08. The third-order valence-electron chi connectivity index (χ3n) is 5.09. The van der Waals surface area contributed by atoms with Crippen molar-refractivity contribution < 1.29 is 9.59 Å². The largest absolute Gasteiger partial charge is 0.334 e. The Morgan fingerprint density at radius 3 is 2.71 bits per heavy atom. The Morgan fingerprint density at radius 2 is 1.96 bits per heavy atom. The molecule has 6 heteroatoms. The molecular weight excluding hydrogens is 304 g/mol. The van der Waals surface area contributed by atoms with Crippen molar-refractivity contribution >= 4 is 11.9 Å². The fraction of sp³-hybridized carbons (Fsp3) is 0.556. The molecule has 4 rings (SSSR count). The van der Waals surface area contributed by atoms with Gasteiger partial charge >= 0.3 is 6.03 Å². The number of hydrogen-bond acceptors (Lipinski definition) is 3. The Kier molecular flexibility index (Phi) is 4.14. The second-order valence-corrected chi connectivity index (χ2v) is 7.09. The first-order chi connectivity index (χ1) is 11.7. The molecule has 1 aromatic carbocycles. The minimum Gasteiger partial charge on any atom is -0.334 e. The molecule has 6 nitrogen and oxygen atoms in total. The van der Waals surface area contributed by atoms with Crippen molar-refractivity contribution in [2.24, 2.45) is 0 Å². The van der Waals surface area contributed by atoms with E-state index in [1.165, 1.54) is 5.56 Å². The maximum Gasteiger partial charge on any atom is 0.319 e. The summed E-state index contributed by atoms with van der Waals surface area (Å²) in [4.78, 5) is 30.2. The molecule has 2 aliphatic heterocycles. The second-order valence-electron chi connectivity index (χ2n) is 7.09. The minimum atomic E-state index is -0.0990. The third-order valence-corrected chi connectivity index (χ3v) is 5.09. The van der Waals surface area contributed by atoms with Crippen LogP contribution >= 0.6 is 0 Å². The highest BCUT2D eigenvalue weighted by molar-refractivity contribution is 5.87. The molecule has 2 saturated heterocycles. The summed E-state index contributed by atoms with van der Waals surface area (Å²) in [5.41, 5.74) is 1.30. The van der Waals surface area contributed by atoms with E-state index < -0.39 is 0 Å². The van der Waals surface area contributed by atoms with Gasteiger partial charge in [-0.25, -0.2) is 4.79 Å². The van der Waals surface area contributed by atoms with E-state index in [2.05, 4.69) is 34.5 Å². The van der Waals surface area contributed by atoms with E-state index in [1.54, 1.807) is 4.90 Å². The van der Waals surface area contributed by atoms with Crippen LogP contribution in [0.1, 0.15) is 24.8 Å². The molecule has 3 aliphatic rings. The van der Waals surface area contributed by atoms with Crippen LogP contribution in [0.2, 0.25) is 0 Å². The van der Waals surface area contributed by atoms with Crippen LogP contribution in [0.5, 0.6) is 0 Å². The molecule has 3 fully saturated rings. The average molecular weight is 328 g/mol. The third kappa shape index (κ3) is 3.38. The molecule has 24 heavy (non-hydrogen) atoms. The van der Waals surface area contributed by atoms with Gasteiger partial charge in [0, 0.05) is 31.7 Å². The molecule has 1 atom stereocenters. The number of urea groups is 1. The van der Waals surface area contributed by atoms with Gasteiger partial charge in [-0.05, 0) is 24.8 Å². The first-order valence-corrected chi connectivity index (χ1v) is 8.80. The van der Waals surface area contributed by atoms with Crippen molar-refractivity contribution in [3.05, 3.63) is 35.9 Å². The van der Waals surface area contributed by atoms with Gasteiger partial charge in [0.25, 0.3) is 0 Å². The maximum absolute atomic E-state index is 12.4. The van der Waals surface area contributed by atoms with E-state index in [0.717, 1.165) is 38.9 Å². The number of hydrogen-bond donors (Lipinski definition) is 1. The van der Waals surface area contributed by atoms with Gasteiger partial charge < -0.3 is 10.2 Å². The lowest BCUT2D eigenvalue weighted by Crippen LogP contribution is -2.45. The predicted molar refractivity (Wildman–Crippen MR) is 90.1 cm³/mol. The number of benzene rings is 1. The number of nitrogens with zero attached hydrogens (tertiary/aromatic N) is 3. The van der Waals surface area contributed by atoms with Gasteiger partial charge in [-0.3, -0.25) is 14.6 Å². The van der Waals surface area contributed by atoms with Crippen LogP contribution < -0.4 is 5.32 Å². The van der Waals surface area contributed by atoms with E-state index in [4.69, 9.17) is 0 Å². The average Bonchev–Trinajstić information content (AvgIpc) is 3.21. The Balaban J connectivity index is 1.26. The molecule has 2 heterocycles. The Labute approximate surface area is 142 Å². The van der Waals surface area contributed by atoms with Crippen LogP contribution in [-0.2, 0) is 11.3 Å². The zero-order valence-corrected chi connectivity index (χ0v) is 13.9. The molecule has 3 amide bonds. The molecule has 1 saturated carbocycles. The molecule has 0 aromatic heterocycles. The number of carbonyl (C=O) groups is 2. The van der Waals surface area contributed by atoms with Crippen molar-refractivity contribution in [1.29, 1.82) is 0 Å². The lowest BCUT2D eigenvalue weighted by molar-refractivity contribution is -0.127. The number of carbonyl (C=O) groups excluding carboxylic acids is 2. The van der Waals surface area contributed by atoms with Crippen LogP contribution in [0, 0.1) is 0 Å². The van der Waals surface area contributed by atoms with Crippen molar-refractivity contribution in [3.63, 3.8) is 0 Å². The monoisotopic (exact) mass is 328 g/mol. The van der Waals surface area contributed by atoms with Crippen LogP contribution in [0.4, 0.5) is 4.79 Å². The summed E-state index contributed by atoms with van der Waals surface area (Å²) in [7, 11) is 0. The summed E-state index contributed by atoms with van der Waals surface area (Å²) in [5.74, 6) is 0.0878. The second kappa shape index (κ2) is 6.43. The number of nitrogens with one attached hydrogen (secondary N) is 1. The van der Waals surface area contributed by atoms with Crippen LogP contribution in [0.15, 0.2) is 30.3 Å². The summed E-state index contributed by atoms with van der Waals surface area (Å²) in [5, 5.41) is 3.10. The fourth-order valence-corrected chi connectivity index (χ4v) is 3.61. The molecular formula is C18H24N4O2. The summed E-state index contributed by atoms with van der Waals surface area (Å²) >= 11 is 0. The maximum atomic E-state index is 12.4. The fourth-order valence-electron chi connectivity index (χ4n) is 3.61. The van der Waals surface area contributed by atoms with Gasteiger partial charge in [-0.15, -0.1) is 0 Å². The highest BCUT2D eigenvalue weighted by Crippen LogP contribution is 2.29. The summed E-state index contributed by atoms with van der Waals surface area (Å²) in [6.45, 7) is 3.46. The summed E-state index contributed by atoms with van der Waals surface area (Å²) in [6.07, 6.45) is 3.13. The van der Waals surface area contributed by atoms with E-state index in [9.17, 15) is 9.59 Å². The van der Waals surface area contributed by atoms with Crippen molar-refractivity contribution in [2.75, 3.05) is 26.3 Å². The zero-order valence-electron chi connectivity index (χ0n) is 13.9. The van der Waals surface area contributed by atoms with Gasteiger partial charge in [0.15, 0.2) is 0 Å². The molecule has 0 bridgehead atoms. The van der Waals surface area contributed by atoms with Gasteiger partial charge in [-0.2, -0.15) is 0 Å². The highest BCUT2D eigenvalue weighted by Gasteiger charge is 2.40. The van der Waals surface area contributed by atoms with Gasteiger partial charge in [-0.1, -0.05) is 30.3 Å². The van der Waals surface area contributed by atoms with E-state index >= 15 is 0 Å². The lowest BCUT2D eigenvalue weighted by Gasteiger charge is -2.21. The molecule has 1 unspecified atom stereocenters. The standard InChI is InChI=1S/C18H24N4O2/c23-17-12-21(13-22(17)16-6-7-16)18(24)19-15-8-9-20(11-15)10-14-4-2-1-3-5-14/h1-5,15-16H,6-13H2,(H,19,24). The van der Waals surface area contributed by atoms with Crippen molar-refractivity contribution in [1.82, 2.24) is 20.0 Å². The predicted octanol–water partition coefficient (Wildman–Crippen LogP) is 1.23. The molecule has 1 aromatic rings. The Bertz CT molecular complexity index is 617. The summed E-state index contributed by atoms with van der Waals surface area (Å²) < 4.78 is 0. The van der Waals surface area contributed by atoms with Crippen molar-refractivity contribution in [2.45, 2.75) is 37.9 Å². The van der Waals surface area contributed by atoms with Crippen molar-refractivity contribution in [3.8, 4) is 0 Å².